The summed E-state index contributed by atoms with van der Waals surface area (Å²) in [6, 6.07) is -0.134. The van der Waals surface area contributed by atoms with Gasteiger partial charge in [-0.05, 0) is 25.9 Å². The van der Waals surface area contributed by atoms with Gasteiger partial charge in [0, 0.05) is 0 Å². The average molecular weight is 187 g/mol. The van der Waals surface area contributed by atoms with Crippen LogP contribution < -0.4 is 0 Å². The summed E-state index contributed by atoms with van der Waals surface area (Å²) < 4.78 is 4.76. The molecule has 2 atom stereocenters. The highest BCUT2D eigenvalue weighted by Gasteiger charge is 2.29. The SMILES string of the molecule is COC(=O)C([C@@H](C)C(C)C)N(C)C. The summed E-state index contributed by atoms with van der Waals surface area (Å²) in [7, 11) is 5.24. The molecule has 0 aliphatic rings. The molecular formula is C10H21NO2. The molecule has 0 saturated heterocycles. The Labute approximate surface area is 81.1 Å². The Bertz CT molecular complexity index is 166. The van der Waals surface area contributed by atoms with Crippen LogP contribution in [-0.4, -0.2) is 38.1 Å². The second-order valence-electron chi connectivity index (χ2n) is 4.03. The zero-order valence-corrected chi connectivity index (χ0v) is 9.50. The molecule has 0 aromatic heterocycles. The molecule has 0 aliphatic heterocycles. The summed E-state index contributed by atoms with van der Waals surface area (Å²) in [4.78, 5) is 13.3. The number of rotatable bonds is 4. The van der Waals surface area contributed by atoms with E-state index in [9.17, 15) is 4.79 Å². The molecule has 0 amide bonds. The van der Waals surface area contributed by atoms with E-state index in [2.05, 4.69) is 20.8 Å². The molecule has 0 aromatic rings. The smallest absolute Gasteiger partial charge is 0.323 e. The molecule has 0 N–H and O–H groups in total. The van der Waals surface area contributed by atoms with Crippen LogP contribution >= 0.6 is 0 Å². The molecule has 78 valence electrons. The fourth-order valence-corrected chi connectivity index (χ4v) is 1.38. The number of hydrogen-bond donors (Lipinski definition) is 0. The van der Waals surface area contributed by atoms with Crippen molar-refractivity contribution < 1.29 is 9.53 Å². The fourth-order valence-electron chi connectivity index (χ4n) is 1.38. The van der Waals surface area contributed by atoms with E-state index in [4.69, 9.17) is 4.74 Å². The topological polar surface area (TPSA) is 29.5 Å². The van der Waals surface area contributed by atoms with E-state index in [1.165, 1.54) is 7.11 Å². The van der Waals surface area contributed by atoms with Crippen molar-refractivity contribution in [2.24, 2.45) is 11.8 Å². The molecule has 0 heterocycles. The van der Waals surface area contributed by atoms with Gasteiger partial charge in [-0.15, -0.1) is 0 Å². The molecule has 0 radical (unpaired) electrons. The van der Waals surface area contributed by atoms with Crippen LogP contribution in [0.4, 0.5) is 0 Å². The van der Waals surface area contributed by atoms with E-state index in [1.54, 1.807) is 0 Å². The first-order valence-electron chi connectivity index (χ1n) is 4.66. The maximum Gasteiger partial charge on any atom is 0.323 e. The Morgan fingerprint density at radius 3 is 1.92 bits per heavy atom. The minimum atomic E-state index is -0.147. The van der Waals surface area contributed by atoms with Crippen LogP contribution in [-0.2, 0) is 9.53 Å². The van der Waals surface area contributed by atoms with Crippen molar-refractivity contribution in [1.29, 1.82) is 0 Å². The lowest BCUT2D eigenvalue weighted by molar-refractivity contribution is -0.148. The molecule has 1 unspecified atom stereocenters. The summed E-state index contributed by atoms with van der Waals surface area (Å²) in [5.74, 6) is 0.639. The molecule has 0 bridgehead atoms. The molecule has 3 heteroatoms. The van der Waals surface area contributed by atoms with E-state index in [-0.39, 0.29) is 12.0 Å². The molecule has 0 rings (SSSR count). The fraction of sp³-hybridized carbons (Fsp3) is 0.900. The van der Waals surface area contributed by atoms with Gasteiger partial charge in [-0.25, -0.2) is 0 Å². The Hall–Kier alpha value is -0.570. The Morgan fingerprint density at radius 1 is 1.23 bits per heavy atom. The number of carbonyl (C=O) groups is 1. The quantitative estimate of drug-likeness (QED) is 0.623. The monoisotopic (exact) mass is 187 g/mol. The molecule has 0 aliphatic carbocycles. The minimum Gasteiger partial charge on any atom is -0.468 e. The Balaban J connectivity index is 4.51. The summed E-state index contributed by atoms with van der Waals surface area (Å²) in [5, 5.41) is 0. The highest BCUT2D eigenvalue weighted by molar-refractivity contribution is 5.75. The van der Waals surface area contributed by atoms with Gasteiger partial charge in [0.15, 0.2) is 0 Å². The van der Waals surface area contributed by atoms with Gasteiger partial charge in [0.1, 0.15) is 6.04 Å². The number of ether oxygens (including phenoxy) is 1. The Kier molecular flexibility index (Phi) is 4.99. The largest absolute Gasteiger partial charge is 0.468 e. The molecular weight excluding hydrogens is 166 g/mol. The van der Waals surface area contributed by atoms with Crippen molar-refractivity contribution in [3.63, 3.8) is 0 Å². The van der Waals surface area contributed by atoms with E-state index in [0.717, 1.165) is 0 Å². The van der Waals surface area contributed by atoms with Crippen LogP contribution in [0.25, 0.3) is 0 Å². The predicted molar refractivity (Wildman–Crippen MR) is 53.5 cm³/mol. The van der Waals surface area contributed by atoms with Crippen LogP contribution in [0.5, 0.6) is 0 Å². The number of esters is 1. The second-order valence-corrected chi connectivity index (χ2v) is 4.03. The number of carbonyl (C=O) groups excluding carboxylic acids is 1. The summed E-state index contributed by atoms with van der Waals surface area (Å²) in [5.41, 5.74) is 0. The van der Waals surface area contributed by atoms with E-state index in [1.807, 2.05) is 19.0 Å². The second kappa shape index (κ2) is 5.22. The third kappa shape index (κ3) is 3.35. The lowest BCUT2D eigenvalue weighted by Crippen LogP contribution is -2.43. The van der Waals surface area contributed by atoms with Gasteiger partial charge in [-0.1, -0.05) is 20.8 Å². The van der Waals surface area contributed by atoms with Crippen molar-refractivity contribution in [1.82, 2.24) is 4.90 Å². The van der Waals surface area contributed by atoms with Crippen LogP contribution in [0.3, 0.4) is 0 Å². The maximum absolute atomic E-state index is 11.4. The summed E-state index contributed by atoms with van der Waals surface area (Å²) in [6.45, 7) is 6.31. The van der Waals surface area contributed by atoms with Gasteiger partial charge >= 0.3 is 5.97 Å². The number of hydrogen-bond acceptors (Lipinski definition) is 3. The van der Waals surface area contributed by atoms with Crippen molar-refractivity contribution in [3.8, 4) is 0 Å². The zero-order valence-electron chi connectivity index (χ0n) is 9.50. The summed E-state index contributed by atoms with van der Waals surface area (Å²) >= 11 is 0. The number of methoxy groups -OCH3 is 1. The molecule has 0 spiro atoms. The molecule has 0 fully saturated rings. The van der Waals surface area contributed by atoms with E-state index < -0.39 is 0 Å². The van der Waals surface area contributed by atoms with Gasteiger partial charge in [0.05, 0.1) is 7.11 Å². The van der Waals surface area contributed by atoms with Gasteiger partial charge in [0.2, 0.25) is 0 Å². The first kappa shape index (κ1) is 12.4. The third-order valence-electron chi connectivity index (χ3n) is 2.55. The van der Waals surface area contributed by atoms with Crippen molar-refractivity contribution in [2.45, 2.75) is 26.8 Å². The standard InChI is InChI=1S/C10H21NO2/c1-7(2)8(3)9(11(4)5)10(12)13-6/h7-9H,1-6H3/t8-,9?/m0/s1. The Morgan fingerprint density at radius 2 is 1.69 bits per heavy atom. The van der Waals surface area contributed by atoms with Crippen LogP contribution in [0.2, 0.25) is 0 Å². The van der Waals surface area contributed by atoms with Gasteiger partial charge in [0.25, 0.3) is 0 Å². The summed E-state index contributed by atoms with van der Waals surface area (Å²) in [6.07, 6.45) is 0. The van der Waals surface area contributed by atoms with Gasteiger partial charge < -0.3 is 4.74 Å². The highest BCUT2D eigenvalue weighted by atomic mass is 16.5. The molecule has 13 heavy (non-hydrogen) atoms. The van der Waals surface area contributed by atoms with Crippen LogP contribution in [0.1, 0.15) is 20.8 Å². The molecule has 0 saturated carbocycles. The first-order chi connectivity index (χ1) is 5.91. The van der Waals surface area contributed by atoms with Crippen molar-refractivity contribution >= 4 is 5.97 Å². The van der Waals surface area contributed by atoms with Gasteiger partial charge in [-0.2, -0.15) is 0 Å². The third-order valence-corrected chi connectivity index (χ3v) is 2.55. The van der Waals surface area contributed by atoms with E-state index >= 15 is 0 Å². The van der Waals surface area contributed by atoms with E-state index in [0.29, 0.717) is 11.8 Å². The number of likely N-dealkylation sites (N-methyl/N-ethyl adjacent to an activating group) is 1. The van der Waals surface area contributed by atoms with Crippen LogP contribution in [0, 0.1) is 11.8 Å². The highest BCUT2D eigenvalue weighted by Crippen LogP contribution is 2.18. The zero-order chi connectivity index (χ0) is 10.6. The maximum atomic E-state index is 11.4. The van der Waals surface area contributed by atoms with Crippen LogP contribution in [0.15, 0.2) is 0 Å². The number of nitrogens with zero attached hydrogens (tertiary/aromatic N) is 1. The lowest BCUT2D eigenvalue weighted by atomic mass is 9.90. The van der Waals surface area contributed by atoms with Gasteiger partial charge in [-0.3, -0.25) is 9.69 Å². The predicted octanol–water partition coefficient (Wildman–Crippen LogP) is 1.38. The molecule has 0 aromatic carbocycles. The molecule has 3 nitrogen and oxygen atoms in total. The van der Waals surface area contributed by atoms with Crippen molar-refractivity contribution in [2.75, 3.05) is 21.2 Å². The minimum absolute atomic E-state index is 0.134. The average Bonchev–Trinajstić information content (AvgIpc) is 2.03. The normalized spacial score (nSPS) is 16.0. The first-order valence-corrected chi connectivity index (χ1v) is 4.66. The lowest BCUT2D eigenvalue weighted by Gasteiger charge is -2.29. The van der Waals surface area contributed by atoms with Crippen molar-refractivity contribution in [3.05, 3.63) is 0 Å².